The lowest BCUT2D eigenvalue weighted by atomic mass is 10.2. The van der Waals surface area contributed by atoms with E-state index in [0.29, 0.717) is 17.0 Å². The molecule has 0 amide bonds. The lowest BCUT2D eigenvalue weighted by Gasteiger charge is -2.13. The van der Waals surface area contributed by atoms with Crippen LogP contribution < -0.4 is 14.2 Å². The number of nitrogens with zero attached hydrogens (tertiary/aromatic N) is 3. The number of H-pyrrole nitrogens is 1. The number of aromatic nitrogens is 4. The number of fused-ring (bicyclic) bond motifs is 1. The molecule has 0 aliphatic rings. The van der Waals surface area contributed by atoms with Crippen LogP contribution in [0.2, 0.25) is 0 Å². The molecule has 0 radical (unpaired) electrons. The molecule has 2 aromatic heterocycles. The molecule has 0 saturated heterocycles. The van der Waals surface area contributed by atoms with E-state index < -0.39 is 20.7 Å². The van der Waals surface area contributed by atoms with Crippen molar-refractivity contribution in [2.24, 2.45) is 0 Å². The maximum Gasteiger partial charge on any atom is 0.264 e. The van der Waals surface area contributed by atoms with Gasteiger partial charge in [0.15, 0.2) is 23.0 Å². The molecule has 4 rings (SSSR count). The number of aryl methyl sites for hydroxylation is 1. The zero-order valence-electron chi connectivity index (χ0n) is 16.8. The minimum atomic E-state index is -4.21. The Labute approximate surface area is 177 Å². The van der Waals surface area contributed by atoms with Gasteiger partial charge >= 0.3 is 0 Å². The van der Waals surface area contributed by atoms with E-state index in [0.717, 1.165) is 23.2 Å². The quantitative estimate of drug-likeness (QED) is 0.469. The van der Waals surface area contributed by atoms with E-state index >= 15 is 0 Å². The molecule has 0 bridgehead atoms. The predicted molar refractivity (Wildman–Crippen MR) is 112 cm³/mol. The standard InChI is InChI=1S/C20H18FN5O4S/c1-11-14-10-22-19(23-20(14)25-24-11)12-4-6-13(7-5-12)26-31(27,28)18-9-17(30-3)16(29-2)8-15(18)21/h4-10,26H,1-3H3,(H,22,23,24,25). The maximum atomic E-state index is 14.4. The second-order valence-corrected chi connectivity index (χ2v) is 8.25. The Bertz CT molecular complexity index is 1370. The van der Waals surface area contributed by atoms with Crippen LogP contribution in [0.4, 0.5) is 10.1 Å². The Balaban J connectivity index is 1.61. The number of hydrogen-bond donors (Lipinski definition) is 2. The first-order chi connectivity index (χ1) is 14.8. The van der Waals surface area contributed by atoms with Crippen LogP contribution in [0.3, 0.4) is 0 Å². The molecule has 9 nitrogen and oxygen atoms in total. The van der Waals surface area contributed by atoms with Crippen molar-refractivity contribution < 1.29 is 22.3 Å². The van der Waals surface area contributed by atoms with Crippen LogP contribution in [0.25, 0.3) is 22.4 Å². The van der Waals surface area contributed by atoms with Crippen LogP contribution in [-0.4, -0.2) is 42.8 Å². The van der Waals surface area contributed by atoms with E-state index in [4.69, 9.17) is 9.47 Å². The predicted octanol–water partition coefficient (Wildman–Crippen LogP) is 3.29. The average Bonchev–Trinajstić information content (AvgIpc) is 3.13. The van der Waals surface area contributed by atoms with Crippen molar-refractivity contribution >= 4 is 26.7 Å². The van der Waals surface area contributed by atoms with E-state index in [-0.39, 0.29) is 17.2 Å². The minimum absolute atomic E-state index is 0.0902. The molecule has 11 heteroatoms. The van der Waals surface area contributed by atoms with Gasteiger partial charge in [-0.15, -0.1) is 0 Å². The Morgan fingerprint density at radius 2 is 1.74 bits per heavy atom. The van der Waals surface area contributed by atoms with Gasteiger partial charge in [0, 0.05) is 35.3 Å². The summed E-state index contributed by atoms with van der Waals surface area (Å²) in [4.78, 5) is 8.16. The van der Waals surface area contributed by atoms with Crippen molar-refractivity contribution in [2.75, 3.05) is 18.9 Å². The molecule has 4 aromatic rings. The highest BCUT2D eigenvalue weighted by molar-refractivity contribution is 7.92. The second-order valence-electron chi connectivity index (χ2n) is 6.60. The van der Waals surface area contributed by atoms with Gasteiger partial charge in [-0.2, -0.15) is 5.10 Å². The summed E-state index contributed by atoms with van der Waals surface area (Å²) >= 11 is 0. The maximum absolute atomic E-state index is 14.4. The fraction of sp³-hybridized carbons (Fsp3) is 0.150. The van der Waals surface area contributed by atoms with Crippen LogP contribution in [0.5, 0.6) is 11.5 Å². The van der Waals surface area contributed by atoms with E-state index in [1.54, 1.807) is 18.3 Å². The highest BCUT2D eigenvalue weighted by Gasteiger charge is 2.23. The number of anilines is 1. The van der Waals surface area contributed by atoms with Gasteiger partial charge in [-0.3, -0.25) is 9.82 Å². The number of sulfonamides is 1. The monoisotopic (exact) mass is 443 g/mol. The molecule has 160 valence electrons. The molecule has 0 unspecified atom stereocenters. The van der Waals surface area contributed by atoms with Crippen LogP contribution in [-0.2, 0) is 10.0 Å². The van der Waals surface area contributed by atoms with E-state index in [9.17, 15) is 12.8 Å². The molecule has 0 aliphatic heterocycles. The SMILES string of the molecule is COc1cc(F)c(S(=O)(=O)Nc2ccc(-c3ncc4c(C)[nH]nc4n3)cc2)cc1OC. The van der Waals surface area contributed by atoms with E-state index in [2.05, 4.69) is 24.9 Å². The fourth-order valence-electron chi connectivity index (χ4n) is 3.00. The molecule has 0 aliphatic carbocycles. The second kappa shape index (κ2) is 7.84. The topological polar surface area (TPSA) is 119 Å². The van der Waals surface area contributed by atoms with Gasteiger partial charge in [0.25, 0.3) is 10.0 Å². The molecule has 2 N–H and O–H groups in total. The number of halogens is 1. The summed E-state index contributed by atoms with van der Waals surface area (Å²) in [5, 5.41) is 7.79. The molecular weight excluding hydrogens is 425 g/mol. The molecule has 2 heterocycles. The number of methoxy groups -OCH3 is 2. The fourth-order valence-corrected chi connectivity index (χ4v) is 4.13. The van der Waals surface area contributed by atoms with E-state index in [1.807, 2.05) is 6.92 Å². The molecule has 0 saturated carbocycles. The summed E-state index contributed by atoms with van der Waals surface area (Å²) in [6, 6.07) is 8.41. The van der Waals surface area contributed by atoms with Crippen molar-refractivity contribution in [3.63, 3.8) is 0 Å². The Kier molecular flexibility index (Phi) is 5.19. The van der Waals surface area contributed by atoms with Crippen LogP contribution in [0, 0.1) is 12.7 Å². The molecule has 0 spiro atoms. The number of hydrogen-bond acceptors (Lipinski definition) is 7. The Hall–Kier alpha value is -3.73. The summed E-state index contributed by atoms with van der Waals surface area (Å²) in [5.41, 5.74) is 2.32. The minimum Gasteiger partial charge on any atom is -0.493 e. The lowest BCUT2D eigenvalue weighted by Crippen LogP contribution is -2.15. The Morgan fingerprint density at radius 3 is 2.42 bits per heavy atom. The third-order valence-corrected chi connectivity index (χ3v) is 6.02. The number of nitrogens with one attached hydrogen (secondary N) is 2. The van der Waals surface area contributed by atoms with Gasteiger partial charge in [-0.25, -0.2) is 22.8 Å². The summed E-state index contributed by atoms with van der Waals surface area (Å²) in [7, 11) is -1.54. The third-order valence-electron chi connectivity index (χ3n) is 4.63. The first kappa shape index (κ1) is 20.5. The molecule has 31 heavy (non-hydrogen) atoms. The summed E-state index contributed by atoms with van der Waals surface area (Å²) in [5.74, 6) is -0.328. The van der Waals surface area contributed by atoms with Crippen LogP contribution in [0.1, 0.15) is 5.69 Å². The summed E-state index contributed by atoms with van der Waals surface area (Å²) in [6.45, 7) is 1.88. The molecule has 0 fully saturated rings. The highest BCUT2D eigenvalue weighted by Crippen LogP contribution is 2.32. The smallest absolute Gasteiger partial charge is 0.264 e. The van der Waals surface area contributed by atoms with Crippen molar-refractivity contribution in [2.45, 2.75) is 11.8 Å². The normalized spacial score (nSPS) is 11.5. The van der Waals surface area contributed by atoms with Gasteiger partial charge in [0.1, 0.15) is 10.7 Å². The van der Waals surface area contributed by atoms with Gasteiger partial charge in [-0.1, -0.05) is 0 Å². The van der Waals surface area contributed by atoms with Crippen molar-refractivity contribution in [3.8, 4) is 22.9 Å². The van der Waals surface area contributed by atoms with Crippen molar-refractivity contribution in [3.05, 3.63) is 54.1 Å². The largest absolute Gasteiger partial charge is 0.493 e. The average molecular weight is 443 g/mol. The number of benzene rings is 2. The van der Waals surface area contributed by atoms with Crippen molar-refractivity contribution in [1.82, 2.24) is 20.2 Å². The van der Waals surface area contributed by atoms with E-state index in [1.165, 1.54) is 26.4 Å². The zero-order chi connectivity index (χ0) is 22.2. The highest BCUT2D eigenvalue weighted by atomic mass is 32.2. The van der Waals surface area contributed by atoms with Crippen molar-refractivity contribution in [1.29, 1.82) is 0 Å². The third kappa shape index (κ3) is 3.87. The van der Waals surface area contributed by atoms with Gasteiger partial charge in [0.2, 0.25) is 0 Å². The molecular formula is C20H18FN5O4S. The Morgan fingerprint density at radius 1 is 1.06 bits per heavy atom. The summed E-state index contributed by atoms with van der Waals surface area (Å²) < 4.78 is 52.2. The zero-order valence-corrected chi connectivity index (χ0v) is 17.6. The summed E-state index contributed by atoms with van der Waals surface area (Å²) in [6.07, 6.45) is 1.67. The van der Waals surface area contributed by atoms with Gasteiger partial charge < -0.3 is 9.47 Å². The van der Waals surface area contributed by atoms with Gasteiger partial charge in [-0.05, 0) is 31.2 Å². The first-order valence-electron chi connectivity index (χ1n) is 9.05. The van der Waals surface area contributed by atoms with Gasteiger partial charge in [0.05, 0.1) is 19.6 Å². The molecule has 2 aromatic carbocycles. The molecule has 0 atom stereocenters. The number of aromatic amines is 1. The number of rotatable bonds is 6. The first-order valence-corrected chi connectivity index (χ1v) is 10.5. The van der Waals surface area contributed by atoms with Crippen LogP contribution >= 0.6 is 0 Å². The van der Waals surface area contributed by atoms with Crippen LogP contribution in [0.15, 0.2) is 47.5 Å². The number of ether oxygens (including phenoxy) is 2. The lowest BCUT2D eigenvalue weighted by molar-refractivity contribution is 0.350.